The molecule has 0 aliphatic carbocycles. The van der Waals surface area contributed by atoms with Crippen molar-refractivity contribution in [2.24, 2.45) is 14.1 Å². The number of hydrogen-bond acceptors (Lipinski definition) is 6. The summed E-state index contributed by atoms with van der Waals surface area (Å²) in [7, 11) is 4.69. The maximum absolute atomic E-state index is 12.9. The van der Waals surface area contributed by atoms with Crippen molar-refractivity contribution in [2.75, 3.05) is 7.11 Å². The first-order chi connectivity index (χ1) is 11.9. The van der Waals surface area contributed by atoms with Crippen molar-refractivity contribution in [3.63, 3.8) is 0 Å². The van der Waals surface area contributed by atoms with Gasteiger partial charge in [0.1, 0.15) is 5.75 Å². The molecule has 128 valence electrons. The zero-order valence-electron chi connectivity index (χ0n) is 13.8. The molecular weight excluding hydrogens is 342 g/mol. The van der Waals surface area contributed by atoms with Crippen molar-refractivity contribution in [3.05, 3.63) is 51.9 Å². The number of methoxy groups -OCH3 is 1. The Bertz CT molecular complexity index is 1080. The highest BCUT2D eigenvalue weighted by Crippen LogP contribution is 2.25. The topological polar surface area (TPSA) is 86.3 Å². The minimum absolute atomic E-state index is 0.0389. The molecular formula is C17H15N3O4S. The second-order valence-corrected chi connectivity index (χ2v) is 5.83. The van der Waals surface area contributed by atoms with Crippen LogP contribution in [0.25, 0.3) is 11.2 Å². The summed E-state index contributed by atoms with van der Waals surface area (Å²) in [5.74, 6) is -1.44. The van der Waals surface area contributed by atoms with Crippen LogP contribution in [0.3, 0.4) is 0 Å². The van der Waals surface area contributed by atoms with Gasteiger partial charge in [0, 0.05) is 14.1 Å². The van der Waals surface area contributed by atoms with Crippen molar-refractivity contribution in [1.82, 2.24) is 14.1 Å². The van der Waals surface area contributed by atoms with Crippen LogP contribution in [-0.2, 0) is 18.8 Å². The zero-order valence-corrected chi connectivity index (χ0v) is 14.6. The molecule has 8 heteroatoms. The van der Waals surface area contributed by atoms with E-state index >= 15 is 0 Å². The fraction of sp³-hybridized carbons (Fsp3) is 0.176. The molecule has 0 amide bonds. The lowest BCUT2D eigenvalue weighted by molar-refractivity contribution is 0.0591. The predicted octanol–water partition coefficient (Wildman–Crippen LogP) is 2.36. The van der Waals surface area contributed by atoms with Gasteiger partial charge in [-0.1, -0.05) is 12.1 Å². The summed E-state index contributed by atoms with van der Waals surface area (Å²) in [5, 5.41) is 9.96. The van der Waals surface area contributed by atoms with E-state index in [1.165, 1.54) is 19.2 Å². The summed E-state index contributed by atoms with van der Waals surface area (Å²) in [6, 6.07) is 7.66. The van der Waals surface area contributed by atoms with Crippen LogP contribution in [0.15, 0.2) is 30.3 Å². The Morgan fingerprint density at radius 1 is 1.16 bits per heavy atom. The van der Waals surface area contributed by atoms with Gasteiger partial charge in [0.05, 0.1) is 23.8 Å². The van der Waals surface area contributed by atoms with Crippen LogP contribution < -0.4 is 0 Å². The lowest BCUT2D eigenvalue weighted by Gasteiger charge is -2.09. The van der Waals surface area contributed by atoms with Crippen LogP contribution >= 0.6 is 12.2 Å². The second kappa shape index (κ2) is 6.14. The lowest BCUT2D eigenvalue weighted by Crippen LogP contribution is -2.14. The van der Waals surface area contributed by atoms with E-state index < -0.39 is 11.8 Å². The number of esters is 1. The van der Waals surface area contributed by atoms with Crippen LogP contribution in [-0.4, -0.2) is 38.1 Å². The first kappa shape index (κ1) is 16.8. The van der Waals surface area contributed by atoms with Gasteiger partial charge in [0.15, 0.2) is 21.9 Å². The van der Waals surface area contributed by atoms with E-state index in [9.17, 15) is 14.7 Å². The number of carbonyl (C=O) groups is 2. The molecule has 0 unspecified atom stereocenters. The third kappa shape index (κ3) is 2.60. The van der Waals surface area contributed by atoms with E-state index in [0.29, 0.717) is 15.9 Å². The number of ketones is 1. The molecule has 0 fully saturated rings. The molecule has 0 atom stereocenters. The van der Waals surface area contributed by atoms with Crippen LogP contribution in [0.5, 0.6) is 5.75 Å². The molecule has 2 aromatic heterocycles. The molecule has 0 radical (unpaired) electrons. The largest absolute Gasteiger partial charge is 0.507 e. The first-order valence-corrected chi connectivity index (χ1v) is 7.75. The second-order valence-electron chi connectivity index (χ2n) is 5.47. The van der Waals surface area contributed by atoms with Crippen molar-refractivity contribution in [3.8, 4) is 5.75 Å². The molecule has 25 heavy (non-hydrogen) atoms. The Morgan fingerprint density at radius 2 is 1.84 bits per heavy atom. The van der Waals surface area contributed by atoms with Gasteiger partial charge in [-0.3, -0.25) is 4.79 Å². The van der Waals surface area contributed by atoms with Crippen LogP contribution in [0.2, 0.25) is 0 Å². The quantitative estimate of drug-likeness (QED) is 0.440. The normalized spacial score (nSPS) is 10.8. The van der Waals surface area contributed by atoms with E-state index in [1.54, 1.807) is 41.4 Å². The molecule has 0 spiro atoms. The highest BCUT2D eigenvalue weighted by atomic mass is 32.1. The number of carbonyl (C=O) groups excluding carboxylic acids is 2. The predicted molar refractivity (Wildman–Crippen MR) is 93.4 cm³/mol. The molecule has 1 aromatic carbocycles. The standard InChI is InChI=1S/C17H15N3O4S/c1-19-11-8-10(14(22)9-6-4-5-7-12(9)21)13(16(23)24-3)18-15(11)20(2)17(19)25/h4-8,21H,1-3H3. The Kier molecular flexibility index (Phi) is 4.13. The Balaban J connectivity index is 2.34. The van der Waals surface area contributed by atoms with Gasteiger partial charge in [-0.25, -0.2) is 9.78 Å². The highest BCUT2D eigenvalue weighted by molar-refractivity contribution is 7.71. The summed E-state index contributed by atoms with van der Waals surface area (Å²) in [4.78, 5) is 29.4. The highest BCUT2D eigenvalue weighted by Gasteiger charge is 2.25. The number of phenolic OH excluding ortho intramolecular Hbond substituents is 1. The number of nitrogens with zero attached hydrogens (tertiary/aromatic N) is 3. The molecule has 0 bridgehead atoms. The van der Waals surface area contributed by atoms with Crippen LogP contribution in [0.4, 0.5) is 0 Å². The minimum atomic E-state index is -0.740. The number of aryl methyl sites for hydroxylation is 2. The maximum Gasteiger partial charge on any atom is 0.357 e. The van der Waals surface area contributed by atoms with E-state index in [2.05, 4.69) is 4.98 Å². The molecule has 2 heterocycles. The van der Waals surface area contributed by atoms with Gasteiger partial charge >= 0.3 is 5.97 Å². The van der Waals surface area contributed by atoms with Gasteiger partial charge in [-0.15, -0.1) is 0 Å². The fourth-order valence-electron chi connectivity index (χ4n) is 2.64. The van der Waals surface area contributed by atoms with Gasteiger partial charge in [-0.05, 0) is 30.4 Å². The monoisotopic (exact) mass is 357 g/mol. The number of benzene rings is 1. The maximum atomic E-state index is 12.9. The number of hydrogen-bond donors (Lipinski definition) is 1. The number of phenols is 1. The van der Waals surface area contributed by atoms with Crippen LogP contribution in [0.1, 0.15) is 26.4 Å². The number of rotatable bonds is 3. The Morgan fingerprint density at radius 3 is 2.48 bits per heavy atom. The smallest absolute Gasteiger partial charge is 0.357 e. The van der Waals surface area contributed by atoms with Crippen molar-refractivity contribution >= 4 is 35.1 Å². The number of aromatic nitrogens is 3. The number of pyridine rings is 1. The minimum Gasteiger partial charge on any atom is -0.507 e. The number of para-hydroxylation sites is 1. The van der Waals surface area contributed by atoms with E-state index in [1.807, 2.05) is 0 Å². The zero-order chi connectivity index (χ0) is 18.3. The molecule has 7 nitrogen and oxygen atoms in total. The lowest BCUT2D eigenvalue weighted by atomic mass is 10.0. The molecule has 3 rings (SSSR count). The SMILES string of the molecule is COC(=O)c1nc2c(cc1C(=O)c1ccccc1O)n(C)c(=S)n2C. The summed E-state index contributed by atoms with van der Waals surface area (Å²) >= 11 is 5.30. The molecule has 1 N–H and O–H groups in total. The Hall–Kier alpha value is -3.00. The van der Waals surface area contributed by atoms with Gasteiger partial charge < -0.3 is 19.0 Å². The molecule has 0 saturated heterocycles. The summed E-state index contributed by atoms with van der Waals surface area (Å²) in [6.45, 7) is 0. The average molecular weight is 357 g/mol. The van der Waals surface area contributed by atoms with Crippen LogP contribution in [0, 0.1) is 4.77 Å². The van der Waals surface area contributed by atoms with Gasteiger partial charge in [0.25, 0.3) is 0 Å². The summed E-state index contributed by atoms with van der Waals surface area (Å²) < 4.78 is 8.59. The molecule has 0 aliphatic heterocycles. The summed E-state index contributed by atoms with van der Waals surface area (Å²) in [5.41, 5.74) is 1.04. The first-order valence-electron chi connectivity index (χ1n) is 7.34. The molecule has 0 saturated carbocycles. The molecule has 0 aliphatic rings. The molecule has 3 aromatic rings. The number of aromatic hydroxyl groups is 1. The number of fused-ring (bicyclic) bond motifs is 1. The number of ether oxygens (including phenoxy) is 1. The van der Waals surface area contributed by atoms with E-state index in [-0.39, 0.29) is 22.6 Å². The van der Waals surface area contributed by atoms with Gasteiger partial charge in [-0.2, -0.15) is 0 Å². The third-order valence-corrected chi connectivity index (χ3v) is 4.56. The van der Waals surface area contributed by atoms with Crippen molar-refractivity contribution in [1.29, 1.82) is 0 Å². The van der Waals surface area contributed by atoms with E-state index in [4.69, 9.17) is 17.0 Å². The Labute approximate surface area is 148 Å². The van der Waals surface area contributed by atoms with E-state index in [0.717, 1.165) is 0 Å². The average Bonchev–Trinajstić information content (AvgIpc) is 2.84. The van der Waals surface area contributed by atoms with Crippen molar-refractivity contribution in [2.45, 2.75) is 0 Å². The number of imidazole rings is 1. The van der Waals surface area contributed by atoms with Gasteiger partial charge in [0.2, 0.25) is 0 Å². The fourth-order valence-corrected chi connectivity index (χ4v) is 2.83. The summed E-state index contributed by atoms with van der Waals surface area (Å²) in [6.07, 6.45) is 0. The van der Waals surface area contributed by atoms with Crippen molar-refractivity contribution < 1.29 is 19.4 Å². The third-order valence-electron chi connectivity index (χ3n) is 4.01.